The van der Waals surface area contributed by atoms with Gasteiger partial charge in [0.25, 0.3) is 11.5 Å². The largest absolute Gasteiger partial charge is 0.322 e. The molecule has 23 heavy (non-hydrogen) atoms. The summed E-state index contributed by atoms with van der Waals surface area (Å²) in [6, 6.07) is 5.57. The summed E-state index contributed by atoms with van der Waals surface area (Å²) in [5.74, 6) is -0.332. The third kappa shape index (κ3) is 2.38. The van der Waals surface area contributed by atoms with Crippen molar-refractivity contribution in [2.24, 2.45) is 0 Å². The van der Waals surface area contributed by atoms with E-state index in [1.807, 2.05) is 12.1 Å². The van der Waals surface area contributed by atoms with Gasteiger partial charge < -0.3 is 10.3 Å². The van der Waals surface area contributed by atoms with E-state index >= 15 is 0 Å². The molecule has 1 amide bonds. The fourth-order valence-corrected chi connectivity index (χ4v) is 3.09. The van der Waals surface area contributed by atoms with Crippen molar-refractivity contribution in [2.45, 2.75) is 19.3 Å². The van der Waals surface area contributed by atoms with Gasteiger partial charge in [-0.15, -0.1) is 0 Å². The van der Waals surface area contributed by atoms with Crippen molar-refractivity contribution in [2.75, 3.05) is 5.32 Å². The van der Waals surface area contributed by atoms with Gasteiger partial charge in [-0.2, -0.15) is 0 Å². The van der Waals surface area contributed by atoms with Crippen LogP contribution in [0.3, 0.4) is 0 Å². The molecule has 0 unspecified atom stereocenters. The monoisotopic (exact) mass is 306 g/mol. The van der Waals surface area contributed by atoms with Crippen LogP contribution in [0.4, 0.5) is 5.69 Å². The highest BCUT2D eigenvalue weighted by Crippen LogP contribution is 2.27. The fraction of sp³-hybridized carbons (Fsp3) is 0.176. The van der Waals surface area contributed by atoms with Gasteiger partial charge in [-0.3, -0.25) is 14.6 Å². The van der Waals surface area contributed by atoms with Crippen molar-refractivity contribution in [3.8, 4) is 0 Å². The van der Waals surface area contributed by atoms with E-state index in [4.69, 9.17) is 0 Å². The van der Waals surface area contributed by atoms with Gasteiger partial charge in [0.15, 0.2) is 0 Å². The first kappa shape index (κ1) is 13.6. The molecule has 0 bridgehead atoms. The van der Waals surface area contributed by atoms with Crippen LogP contribution in [0, 0.1) is 0 Å². The van der Waals surface area contributed by atoms with Gasteiger partial charge in [0.2, 0.25) is 0 Å². The quantitative estimate of drug-likeness (QED) is 0.758. The molecule has 6 nitrogen and oxygen atoms in total. The Morgan fingerprint density at radius 2 is 2.04 bits per heavy atom. The molecule has 0 atom stereocenters. The van der Waals surface area contributed by atoms with Crippen molar-refractivity contribution >= 4 is 22.5 Å². The molecule has 0 fully saturated rings. The van der Waals surface area contributed by atoms with E-state index in [2.05, 4.69) is 20.3 Å². The number of benzene rings is 1. The van der Waals surface area contributed by atoms with Gasteiger partial charge in [-0.25, -0.2) is 4.98 Å². The number of aromatic nitrogens is 3. The van der Waals surface area contributed by atoms with Gasteiger partial charge in [0.05, 0.1) is 11.7 Å². The van der Waals surface area contributed by atoms with Crippen LogP contribution in [-0.2, 0) is 12.8 Å². The first-order valence-corrected chi connectivity index (χ1v) is 7.47. The average Bonchev–Trinajstić information content (AvgIpc) is 3.06. The Bertz CT molecular complexity index is 963. The summed E-state index contributed by atoms with van der Waals surface area (Å²) in [5.41, 5.74) is 3.61. The van der Waals surface area contributed by atoms with E-state index < -0.39 is 0 Å². The van der Waals surface area contributed by atoms with Gasteiger partial charge in [0.1, 0.15) is 5.69 Å². The second-order valence-corrected chi connectivity index (χ2v) is 5.57. The predicted octanol–water partition coefficient (Wildman–Crippen LogP) is 2.06. The number of H-pyrrole nitrogens is 1. The molecular formula is C17H14N4O2. The highest BCUT2D eigenvalue weighted by molar-refractivity contribution is 6.03. The van der Waals surface area contributed by atoms with E-state index in [-0.39, 0.29) is 17.2 Å². The Hall–Kier alpha value is -3.02. The number of amides is 1. The lowest BCUT2D eigenvalue weighted by Crippen LogP contribution is -2.15. The molecule has 0 aliphatic heterocycles. The summed E-state index contributed by atoms with van der Waals surface area (Å²) in [6.45, 7) is 0. The number of nitrogens with one attached hydrogen (secondary N) is 2. The van der Waals surface area contributed by atoms with Crippen LogP contribution in [0.15, 0.2) is 41.6 Å². The lowest BCUT2D eigenvalue weighted by molar-refractivity contribution is 0.102. The van der Waals surface area contributed by atoms with Crippen LogP contribution in [0.5, 0.6) is 0 Å². The fourth-order valence-electron chi connectivity index (χ4n) is 3.09. The first-order valence-electron chi connectivity index (χ1n) is 7.47. The Morgan fingerprint density at radius 3 is 2.87 bits per heavy atom. The molecule has 2 aromatic heterocycles. The van der Waals surface area contributed by atoms with Crippen molar-refractivity contribution in [3.05, 3.63) is 64.0 Å². The van der Waals surface area contributed by atoms with Crippen molar-refractivity contribution in [1.29, 1.82) is 0 Å². The van der Waals surface area contributed by atoms with E-state index in [1.54, 1.807) is 6.07 Å². The summed E-state index contributed by atoms with van der Waals surface area (Å²) in [6.07, 6.45) is 7.18. The number of rotatable bonds is 2. The predicted molar refractivity (Wildman–Crippen MR) is 86.6 cm³/mol. The minimum atomic E-state index is -0.332. The van der Waals surface area contributed by atoms with Crippen LogP contribution in [-0.4, -0.2) is 20.9 Å². The van der Waals surface area contributed by atoms with Crippen LogP contribution < -0.4 is 10.9 Å². The maximum atomic E-state index is 12.1. The van der Waals surface area contributed by atoms with Gasteiger partial charge in [-0.05, 0) is 37.0 Å². The summed E-state index contributed by atoms with van der Waals surface area (Å²) in [4.78, 5) is 35.0. The van der Waals surface area contributed by atoms with E-state index in [0.29, 0.717) is 5.69 Å². The zero-order valence-corrected chi connectivity index (χ0v) is 12.3. The molecule has 0 saturated carbocycles. The van der Waals surface area contributed by atoms with E-state index in [1.165, 1.54) is 18.6 Å². The highest BCUT2D eigenvalue weighted by Gasteiger charge is 2.18. The number of anilines is 1. The Labute approximate surface area is 131 Å². The van der Waals surface area contributed by atoms with Crippen LogP contribution in [0.2, 0.25) is 0 Å². The first-order chi connectivity index (χ1) is 11.2. The minimum Gasteiger partial charge on any atom is -0.322 e. The Kier molecular flexibility index (Phi) is 3.15. The molecule has 4 rings (SSSR count). The zero-order chi connectivity index (χ0) is 15.8. The number of aryl methyl sites for hydroxylation is 1. The molecule has 0 saturated heterocycles. The highest BCUT2D eigenvalue weighted by atomic mass is 16.2. The van der Waals surface area contributed by atoms with Gasteiger partial charge in [0, 0.05) is 29.0 Å². The van der Waals surface area contributed by atoms with Crippen molar-refractivity contribution in [1.82, 2.24) is 15.0 Å². The van der Waals surface area contributed by atoms with E-state index in [0.717, 1.165) is 41.3 Å². The maximum Gasteiger partial charge on any atom is 0.275 e. The Morgan fingerprint density at radius 1 is 1.17 bits per heavy atom. The number of carbonyl (C=O) groups excluding carboxylic acids is 1. The van der Waals surface area contributed by atoms with Gasteiger partial charge >= 0.3 is 0 Å². The van der Waals surface area contributed by atoms with Crippen LogP contribution in [0.25, 0.3) is 10.9 Å². The Balaban J connectivity index is 1.71. The molecule has 1 aromatic carbocycles. The molecule has 114 valence electrons. The minimum absolute atomic E-state index is 0.0256. The van der Waals surface area contributed by atoms with Crippen molar-refractivity contribution < 1.29 is 4.79 Å². The van der Waals surface area contributed by atoms with Crippen LogP contribution >= 0.6 is 0 Å². The zero-order valence-electron chi connectivity index (χ0n) is 12.3. The lowest BCUT2D eigenvalue weighted by atomic mass is 10.1. The molecule has 1 aliphatic carbocycles. The van der Waals surface area contributed by atoms with Crippen molar-refractivity contribution in [3.63, 3.8) is 0 Å². The molecular weight excluding hydrogens is 292 g/mol. The second kappa shape index (κ2) is 5.31. The van der Waals surface area contributed by atoms with E-state index in [9.17, 15) is 9.59 Å². The van der Waals surface area contributed by atoms with Gasteiger partial charge in [-0.1, -0.05) is 6.07 Å². The molecule has 3 aromatic rings. The molecule has 6 heteroatoms. The third-order valence-corrected chi connectivity index (χ3v) is 4.14. The molecule has 0 spiro atoms. The second-order valence-electron chi connectivity index (χ2n) is 5.57. The summed E-state index contributed by atoms with van der Waals surface area (Å²) < 4.78 is 0. The topological polar surface area (TPSA) is 87.7 Å². The number of carbonyl (C=O) groups is 1. The van der Waals surface area contributed by atoms with Crippen LogP contribution in [0.1, 0.15) is 28.0 Å². The summed E-state index contributed by atoms with van der Waals surface area (Å²) in [7, 11) is 0. The summed E-state index contributed by atoms with van der Waals surface area (Å²) >= 11 is 0. The smallest absolute Gasteiger partial charge is 0.275 e. The SMILES string of the molecule is O=C(Nc1ccc2c3c(c(=O)[nH]c2c1)CCC3)c1cnccn1. The maximum absolute atomic E-state index is 12.1. The number of hydrogen-bond acceptors (Lipinski definition) is 4. The molecule has 2 N–H and O–H groups in total. The number of aromatic amines is 1. The number of nitrogens with zero attached hydrogens (tertiary/aromatic N) is 2. The summed E-state index contributed by atoms with van der Waals surface area (Å²) in [5, 5.41) is 3.82. The molecule has 0 radical (unpaired) electrons. The third-order valence-electron chi connectivity index (χ3n) is 4.14. The number of hydrogen-bond donors (Lipinski definition) is 2. The normalized spacial score (nSPS) is 13.0. The average molecular weight is 306 g/mol. The molecule has 2 heterocycles. The standard InChI is InChI=1S/C17H14N4O2/c22-16-13-3-1-2-11(13)12-5-4-10(8-14(12)21-16)20-17(23)15-9-18-6-7-19-15/h4-9H,1-3H2,(H,20,23)(H,21,22). The number of pyridine rings is 1. The lowest BCUT2D eigenvalue weighted by Gasteiger charge is -2.08. The molecule has 1 aliphatic rings. The number of fused-ring (bicyclic) bond motifs is 3.